The van der Waals surface area contributed by atoms with Crippen LogP contribution in [-0.4, -0.2) is 61.4 Å². The van der Waals surface area contributed by atoms with Crippen LogP contribution in [0.1, 0.15) is 22.3 Å². The van der Waals surface area contributed by atoms with Gasteiger partial charge >= 0.3 is 0 Å². The van der Waals surface area contributed by atoms with E-state index in [4.69, 9.17) is 4.74 Å². The van der Waals surface area contributed by atoms with E-state index in [1.165, 1.54) is 5.56 Å². The molecule has 6 nitrogen and oxygen atoms in total. The molecular formula is C22H27N3O3. The minimum absolute atomic E-state index is 0.0920. The van der Waals surface area contributed by atoms with Crippen LogP contribution in [0.15, 0.2) is 54.6 Å². The first-order valence-electron chi connectivity index (χ1n) is 9.62. The average molecular weight is 381 g/mol. The third-order valence-corrected chi connectivity index (χ3v) is 4.95. The van der Waals surface area contributed by atoms with Crippen LogP contribution in [0.4, 0.5) is 0 Å². The van der Waals surface area contributed by atoms with E-state index in [-0.39, 0.29) is 11.8 Å². The first-order valence-corrected chi connectivity index (χ1v) is 9.62. The molecule has 3 rings (SSSR count). The van der Waals surface area contributed by atoms with Crippen molar-refractivity contribution < 1.29 is 14.3 Å². The Bertz CT molecular complexity index is 769. The van der Waals surface area contributed by atoms with E-state index < -0.39 is 0 Å². The number of ether oxygens (including phenoxy) is 1. The number of carbonyl (C=O) groups excluding carboxylic acids is 2. The van der Waals surface area contributed by atoms with Crippen molar-refractivity contribution in [3.05, 3.63) is 65.7 Å². The van der Waals surface area contributed by atoms with Crippen molar-refractivity contribution in [1.29, 1.82) is 0 Å². The Morgan fingerprint density at radius 1 is 0.964 bits per heavy atom. The highest BCUT2D eigenvalue weighted by atomic mass is 16.5. The fourth-order valence-electron chi connectivity index (χ4n) is 3.28. The smallest absolute Gasteiger partial charge is 0.251 e. The Kier molecular flexibility index (Phi) is 7.03. The number of hydrogen-bond acceptors (Lipinski definition) is 4. The molecule has 0 saturated carbocycles. The number of nitrogens with one attached hydrogen (secondary N) is 1. The normalized spacial score (nSPS) is 14.5. The number of hydrogen-bond donors (Lipinski definition) is 1. The van der Waals surface area contributed by atoms with Crippen molar-refractivity contribution in [3.63, 3.8) is 0 Å². The molecule has 6 heteroatoms. The third kappa shape index (κ3) is 5.57. The number of carbonyl (C=O) groups is 2. The van der Waals surface area contributed by atoms with Crippen molar-refractivity contribution in [1.82, 2.24) is 15.1 Å². The van der Waals surface area contributed by atoms with Crippen molar-refractivity contribution in [2.45, 2.75) is 13.0 Å². The van der Waals surface area contributed by atoms with Crippen LogP contribution in [0.3, 0.4) is 0 Å². The lowest BCUT2D eigenvalue weighted by Gasteiger charge is -2.34. The van der Waals surface area contributed by atoms with Gasteiger partial charge in [-0.05, 0) is 29.8 Å². The van der Waals surface area contributed by atoms with Crippen molar-refractivity contribution >= 4 is 11.8 Å². The highest BCUT2D eigenvalue weighted by Gasteiger charge is 2.21. The SMILES string of the molecule is COc1ccc(C(=O)NCCC(=O)N2CCN(Cc3ccccc3)CC2)cc1. The minimum Gasteiger partial charge on any atom is -0.497 e. The molecule has 0 atom stereocenters. The maximum absolute atomic E-state index is 12.4. The summed E-state index contributed by atoms with van der Waals surface area (Å²) in [5, 5.41) is 2.81. The molecule has 0 radical (unpaired) electrons. The first kappa shape index (κ1) is 19.9. The van der Waals surface area contributed by atoms with Crippen LogP contribution in [0, 0.1) is 0 Å². The molecular weight excluding hydrogens is 354 g/mol. The summed E-state index contributed by atoms with van der Waals surface area (Å²) in [6.07, 6.45) is 0.320. The molecule has 2 aromatic rings. The summed E-state index contributed by atoms with van der Waals surface area (Å²) in [6, 6.07) is 17.3. The van der Waals surface area contributed by atoms with Crippen LogP contribution in [0.25, 0.3) is 0 Å². The zero-order valence-electron chi connectivity index (χ0n) is 16.3. The highest BCUT2D eigenvalue weighted by molar-refractivity contribution is 5.94. The van der Waals surface area contributed by atoms with Gasteiger partial charge in [0.15, 0.2) is 0 Å². The number of amides is 2. The Labute approximate surface area is 166 Å². The lowest BCUT2D eigenvalue weighted by Crippen LogP contribution is -2.48. The molecule has 1 aliphatic heterocycles. The number of rotatable bonds is 7. The van der Waals surface area contributed by atoms with Gasteiger partial charge < -0.3 is 15.0 Å². The van der Waals surface area contributed by atoms with Gasteiger partial charge in [-0.15, -0.1) is 0 Å². The largest absolute Gasteiger partial charge is 0.497 e. The van der Waals surface area contributed by atoms with Gasteiger partial charge in [-0.1, -0.05) is 30.3 Å². The summed E-state index contributed by atoms with van der Waals surface area (Å²) in [7, 11) is 1.59. The summed E-state index contributed by atoms with van der Waals surface area (Å²) in [5.41, 5.74) is 1.85. The van der Waals surface area contributed by atoms with Crippen LogP contribution in [0.2, 0.25) is 0 Å². The van der Waals surface area contributed by atoms with Gasteiger partial charge in [0.2, 0.25) is 5.91 Å². The number of benzene rings is 2. The maximum atomic E-state index is 12.4. The maximum Gasteiger partial charge on any atom is 0.251 e. The van der Waals surface area contributed by atoms with Crippen LogP contribution in [-0.2, 0) is 11.3 Å². The fourth-order valence-corrected chi connectivity index (χ4v) is 3.28. The summed E-state index contributed by atoms with van der Waals surface area (Å²) in [4.78, 5) is 28.8. The van der Waals surface area contributed by atoms with Gasteiger partial charge in [-0.25, -0.2) is 0 Å². The van der Waals surface area contributed by atoms with E-state index in [9.17, 15) is 9.59 Å². The Hall–Kier alpha value is -2.86. The van der Waals surface area contributed by atoms with Crippen molar-refractivity contribution in [3.8, 4) is 5.75 Å². The molecule has 0 bridgehead atoms. The molecule has 0 spiro atoms. The van der Waals surface area contributed by atoms with E-state index in [0.29, 0.717) is 24.3 Å². The predicted molar refractivity (Wildman–Crippen MR) is 108 cm³/mol. The van der Waals surface area contributed by atoms with Gasteiger partial charge in [-0.3, -0.25) is 14.5 Å². The van der Waals surface area contributed by atoms with E-state index in [1.807, 2.05) is 11.0 Å². The van der Waals surface area contributed by atoms with Crippen LogP contribution >= 0.6 is 0 Å². The molecule has 1 N–H and O–H groups in total. The lowest BCUT2D eigenvalue weighted by molar-refractivity contribution is -0.132. The van der Waals surface area contributed by atoms with E-state index in [1.54, 1.807) is 31.4 Å². The highest BCUT2D eigenvalue weighted by Crippen LogP contribution is 2.11. The number of methoxy groups -OCH3 is 1. The monoisotopic (exact) mass is 381 g/mol. The Morgan fingerprint density at radius 3 is 2.29 bits per heavy atom. The second-order valence-corrected chi connectivity index (χ2v) is 6.88. The van der Waals surface area contributed by atoms with Crippen molar-refractivity contribution in [2.75, 3.05) is 39.8 Å². The Morgan fingerprint density at radius 2 is 1.64 bits per heavy atom. The van der Waals surface area contributed by atoms with Gasteiger partial charge in [0, 0.05) is 51.3 Å². The molecule has 2 amide bonds. The molecule has 0 aliphatic carbocycles. The second-order valence-electron chi connectivity index (χ2n) is 6.88. The van der Waals surface area contributed by atoms with Gasteiger partial charge in [0.25, 0.3) is 5.91 Å². The molecule has 1 aliphatic rings. The zero-order valence-corrected chi connectivity index (χ0v) is 16.3. The number of nitrogens with zero attached hydrogens (tertiary/aromatic N) is 2. The van der Waals surface area contributed by atoms with E-state index in [0.717, 1.165) is 32.7 Å². The minimum atomic E-state index is -0.178. The molecule has 0 unspecified atom stereocenters. The van der Waals surface area contributed by atoms with Crippen LogP contribution < -0.4 is 10.1 Å². The predicted octanol–water partition coefficient (Wildman–Crippen LogP) is 2.16. The molecule has 1 fully saturated rings. The quantitative estimate of drug-likeness (QED) is 0.798. The topological polar surface area (TPSA) is 61.9 Å². The molecule has 148 valence electrons. The molecule has 1 saturated heterocycles. The molecule has 1 heterocycles. The third-order valence-electron chi connectivity index (χ3n) is 4.95. The lowest BCUT2D eigenvalue weighted by atomic mass is 10.2. The van der Waals surface area contributed by atoms with Gasteiger partial charge in [0.1, 0.15) is 5.75 Å². The summed E-state index contributed by atoms with van der Waals surface area (Å²) in [5.74, 6) is 0.621. The summed E-state index contributed by atoms with van der Waals surface area (Å²) >= 11 is 0. The molecule has 0 aromatic heterocycles. The summed E-state index contributed by atoms with van der Waals surface area (Å²) in [6.45, 7) is 4.47. The number of piperazine rings is 1. The molecule has 2 aromatic carbocycles. The van der Waals surface area contributed by atoms with Gasteiger partial charge in [0.05, 0.1) is 7.11 Å². The van der Waals surface area contributed by atoms with Crippen molar-refractivity contribution in [2.24, 2.45) is 0 Å². The summed E-state index contributed by atoms with van der Waals surface area (Å²) < 4.78 is 5.08. The molecule has 28 heavy (non-hydrogen) atoms. The second kappa shape index (κ2) is 9.90. The Balaban J connectivity index is 1.36. The van der Waals surface area contributed by atoms with Crippen LogP contribution in [0.5, 0.6) is 5.75 Å². The fraction of sp³-hybridized carbons (Fsp3) is 0.364. The van der Waals surface area contributed by atoms with Gasteiger partial charge in [-0.2, -0.15) is 0 Å². The average Bonchev–Trinajstić information content (AvgIpc) is 2.75. The van der Waals surface area contributed by atoms with E-state index >= 15 is 0 Å². The first-order chi connectivity index (χ1) is 13.7. The zero-order chi connectivity index (χ0) is 19.8. The van der Waals surface area contributed by atoms with E-state index in [2.05, 4.69) is 34.5 Å². The standard InChI is InChI=1S/C22H27N3O3/c1-28-20-9-7-19(8-10-20)22(27)23-12-11-21(26)25-15-13-24(14-16-25)17-18-5-3-2-4-6-18/h2-10H,11-17H2,1H3,(H,23,27).